The Morgan fingerprint density at radius 3 is 1.53 bits per heavy atom. The Kier molecular flexibility index (Phi) is 18.1. The summed E-state index contributed by atoms with van der Waals surface area (Å²) in [5.41, 5.74) is 0. The smallest absolute Gasteiger partial charge is 0.404 e. The van der Waals surface area contributed by atoms with Crippen molar-refractivity contribution < 1.29 is 2.84 Å². The summed E-state index contributed by atoms with van der Waals surface area (Å²) >= 11 is 0.897. The first kappa shape index (κ1) is 18.0. The van der Waals surface area contributed by atoms with E-state index in [-0.39, 0.29) is 15.6 Å². The highest BCUT2D eigenvalue weighted by atomic mass is 27.2. The first-order chi connectivity index (χ1) is 8.41. The molecule has 0 aliphatic heterocycles. The van der Waals surface area contributed by atoms with Crippen molar-refractivity contribution in [2.45, 2.75) is 89.3 Å². The molecule has 0 aliphatic carbocycles. The second-order valence-electron chi connectivity index (χ2n) is 5.24. The monoisotopic (exact) mass is 270 g/mol. The molecule has 17 heavy (non-hydrogen) atoms. The topological polar surface area (TPSA) is 9.23 Å². The molecule has 0 bridgehead atoms. The maximum absolute atomic E-state index is 5.32. The van der Waals surface area contributed by atoms with E-state index in [2.05, 4.69) is 6.92 Å². The van der Waals surface area contributed by atoms with Crippen LogP contribution >= 0.6 is 0 Å². The van der Waals surface area contributed by atoms with Crippen LogP contribution in [0.2, 0.25) is 5.28 Å². The average Bonchev–Trinajstić information content (AvgIpc) is 2.35. The van der Waals surface area contributed by atoms with Crippen molar-refractivity contribution in [3.05, 3.63) is 0 Å². The first-order valence-electron chi connectivity index (χ1n) is 7.90. The van der Waals surface area contributed by atoms with Gasteiger partial charge in [0.25, 0.3) is 0 Å². The van der Waals surface area contributed by atoms with Crippen molar-refractivity contribution in [1.82, 2.24) is 0 Å². The summed E-state index contributed by atoms with van der Waals surface area (Å²) in [5.74, 6) is 0. The van der Waals surface area contributed by atoms with Crippen LogP contribution in [-0.4, -0.2) is 32.2 Å². The second-order valence-corrected chi connectivity index (χ2v) is 8.66. The van der Waals surface area contributed by atoms with Crippen LogP contribution in [0.25, 0.3) is 0 Å². The lowest BCUT2D eigenvalue weighted by Crippen LogP contribution is -1.93. The van der Waals surface area contributed by atoms with Crippen LogP contribution in [0.15, 0.2) is 0 Å². The standard InChI is InChI=1S/C14H29.2Al.O.3H/c1-3-5-7-9-11-13-14-12-10-8-6-4-2;;;;;;/h1,3-14H2,2H3;;;;;;. The maximum Gasteiger partial charge on any atom is 0.404 e. The van der Waals surface area contributed by atoms with E-state index in [1.165, 1.54) is 82.3 Å². The molecule has 3 heteroatoms. The Bertz CT molecular complexity index is 117. The van der Waals surface area contributed by atoms with Crippen LogP contribution < -0.4 is 0 Å². The van der Waals surface area contributed by atoms with Crippen LogP contribution in [0.5, 0.6) is 0 Å². The quantitative estimate of drug-likeness (QED) is 0.342. The molecule has 0 aromatic rings. The minimum Gasteiger partial charge on any atom is -0.644 e. The van der Waals surface area contributed by atoms with Gasteiger partial charge in [-0.05, 0) is 0 Å². The molecule has 0 fully saturated rings. The van der Waals surface area contributed by atoms with Crippen LogP contribution in [0.4, 0.5) is 0 Å². The third-order valence-corrected chi connectivity index (χ3v) is 5.87. The van der Waals surface area contributed by atoms with Gasteiger partial charge >= 0.3 is 32.2 Å². The molecule has 0 N–H and O–H groups in total. The molecule has 0 amide bonds. The zero-order chi connectivity index (χ0) is 12.6. The van der Waals surface area contributed by atoms with E-state index in [4.69, 9.17) is 2.84 Å². The molecule has 0 unspecified atom stereocenters. The molecule has 100 valence electrons. The van der Waals surface area contributed by atoms with Gasteiger partial charge in [0, 0.05) is 0 Å². The lowest BCUT2D eigenvalue weighted by molar-refractivity contribution is 0.546. The first-order valence-corrected chi connectivity index (χ1v) is 10.3. The van der Waals surface area contributed by atoms with Crippen LogP contribution in [-0.2, 0) is 2.84 Å². The molecular formula is C14H32Al2O. The van der Waals surface area contributed by atoms with Crippen molar-refractivity contribution in [2.24, 2.45) is 0 Å². The fourth-order valence-electron chi connectivity index (χ4n) is 2.26. The van der Waals surface area contributed by atoms with E-state index in [1.807, 2.05) is 0 Å². The number of unbranched alkanes of at least 4 members (excludes halogenated alkanes) is 11. The maximum atomic E-state index is 5.32. The van der Waals surface area contributed by atoms with Crippen molar-refractivity contribution in [3.63, 3.8) is 0 Å². The lowest BCUT2D eigenvalue weighted by atomic mass is 10.1. The summed E-state index contributed by atoms with van der Waals surface area (Å²) in [4.78, 5) is 0. The molecule has 0 aromatic heterocycles. The van der Waals surface area contributed by atoms with Gasteiger partial charge in [0.2, 0.25) is 0 Å². The van der Waals surface area contributed by atoms with Crippen molar-refractivity contribution in [1.29, 1.82) is 0 Å². The van der Waals surface area contributed by atoms with Crippen molar-refractivity contribution in [2.75, 3.05) is 0 Å². The summed E-state index contributed by atoms with van der Waals surface area (Å²) in [7, 11) is 0. The highest BCUT2D eigenvalue weighted by Crippen LogP contribution is 2.12. The van der Waals surface area contributed by atoms with E-state index in [0.717, 1.165) is 16.6 Å². The molecule has 0 rings (SSSR count). The van der Waals surface area contributed by atoms with Crippen molar-refractivity contribution in [3.8, 4) is 0 Å². The molecule has 0 spiro atoms. The van der Waals surface area contributed by atoms with Gasteiger partial charge in [-0.2, -0.15) is 0 Å². The van der Waals surface area contributed by atoms with E-state index < -0.39 is 0 Å². The SMILES string of the molecule is CCCCCCCCCCCCC[CH2][AlH][O][AlH2]. The summed E-state index contributed by atoms with van der Waals surface area (Å²) in [6.07, 6.45) is 17.5. The fraction of sp³-hybridized carbons (Fsp3) is 1.00. The molecule has 0 aliphatic rings. The Morgan fingerprint density at radius 2 is 1.12 bits per heavy atom. The number of hydrogen-bond acceptors (Lipinski definition) is 1. The summed E-state index contributed by atoms with van der Waals surface area (Å²) < 4.78 is 5.32. The van der Waals surface area contributed by atoms with E-state index in [0.29, 0.717) is 0 Å². The van der Waals surface area contributed by atoms with Crippen molar-refractivity contribution >= 4 is 32.2 Å². The predicted octanol–water partition coefficient (Wildman–Crippen LogP) is 4.02. The third kappa shape index (κ3) is 17.0. The third-order valence-electron chi connectivity index (χ3n) is 3.45. The highest BCUT2D eigenvalue weighted by Gasteiger charge is 1.94. The fourth-order valence-corrected chi connectivity index (χ4v) is 3.98. The highest BCUT2D eigenvalue weighted by molar-refractivity contribution is 6.34. The largest absolute Gasteiger partial charge is 0.644 e. The molecule has 0 heterocycles. The molecule has 1 nitrogen and oxygen atoms in total. The van der Waals surface area contributed by atoms with E-state index >= 15 is 0 Å². The summed E-state index contributed by atoms with van der Waals surface area (Å²) in [5, 5.41) is 1.42. The predicted molar refractivity (Wildman–Crippen MR) is 82.7 cm³/mol. The normalized spacial score (nSPS) is 10.6. The molecule has 0 atom stereocenters. The van der Waals surface area contributed by atoms with Gasteiger partial charge in [-0.1, -0.05) is 89.3 Å². The van der Waals surface area contributed by atoms with E-state index in [1.54, 1.807) is 0 Å². The molecular weight excluding hydrogens is 238 g/mol. The van der Waals surface area contributed by atoms with Crippen LogP contribution in [0.1, 0.15) is 84.0 Å². The van der Waals surface area contributed by atoms with Gasteiger partial charge < -0.3 is 2.84 Å². The Hall–Kier alpha value is 1.02. The van der Waals surface area contributed by atoms with Gasteiger partial charge in [0.1, 0.15) is 0 Å². The van der Waals surface area contributed by atoms with Gasteiger partial charge in [-0.15, -0.1) is 0 Å². The number of rotatable bonds is 14. The molecule has 0 saturated carbocycles. The number of hydrogen-bond donors (Lipinski definition) is 0. The lowest BCUT2D eigenvalue weighted by Gasteiger charge is -2.02. The van der Waals surface area contributed by atoms with Gasteiger partial charge in [0.15, 0.2) is 0 Å². The van der Waals surface area contributed by atoms with E-state index in [9.17, 15) is 0 Å². The molecule has 0 aromatic carbocycles. The minimum absolute atomic E-state index is 0.0747. The summed E-state index contributed by atoms with van der Waals surface area (Å²) in [6.45, 7) is 2.29. The Balaban J connectivity index is 2.85. The molecule has 0 saturated heterocycles. The van der Waals surface area contributed by atoms with Gasteiger partial charge in [-0.25, -0.2) is 0 Å². The Morgan fingerprint density at radius 1 is 0.706 bits per heavy atom. The zero-order valence-electron chi connectivity index (χ0n) is 12.3. The summed E-state index contributed by atoms with van der Waals surface area (Å²) in [6, 6.07) is 0. The van der Waals surface area contributed by atoms with Gasteiger partial charge in [0.05, 0.1) is 0 Å². The zero-order valence-corrected chi connectivity index (χ0v) is 15.7. The Labute approximate surface area is 124 Å². The van der Waals surface area contributed by atoms with Crippen LogP contribution in [0.3, 0.4) is 0 Å². The average molecular weight is 270 g/mol. The van der Waals surface area contributed by atoms with Gasteiger partial charge in [-0.3, -0.25) is 0 Å². The van der Waals surface area contributed by atoms with Crippen LogP contribution in [0, 0.1) is 0 Å². The minimum atomic E-state index is -0.0747. The second kappa shape index (κ2) is 17.0. The molecule has 0 radical (unpaired) electrons.